The summed E-state index contributed by atoms with van der Waals surface area (Å²) in [5, 5.41) is 0.709. The van der Waals surface area contributed by atoms with E-state index in [1.165, 1.54) is 0 Å². The molecule has 106 valence electrons. The fourth-order valence-electron chi connectivity index (χ4n) is 1.73. The summed E-state index contributed by atoms with van der Waals surface area (Å²) in [4.78, 5) is 0. The smallest absolute Gasteiger partial charge is 0.119 e. The summed E-state index contributed by atoms with van der Waals surface area (Å²) < 4.78 is 11.2. The van der Waals surface area contributed by atoms with Crippen LogP contribution in [0.3, 0.4) is 0 Å². The van der Waals surface area contributed by atoms with E-state index in [1.54, 1.807) is 0 Å². The van der Waals surface area contributed by atoms with Crippen molar-refractivity contribution in [2.24, 2.45) is 5.73 Å². The lowest BCUT2D eigenvalue weighted by Gasteiger charge is -2.09. The van der Waals surface area contributed by atoms with Crippen molar-refractivity contribution in [3.05, 3.63) is 59.1 Å². The Labute approximate surface area is 124 Å². The summed E-state index contributed by atoms with van der Waals surface area (Å²) in [6.07, 6.45) is 0.815. The van der Waals surface area contributed by atoms with Crippen molar-refractivity contribution in [3.63, 3.8) is 0 Å². The first-order chi connectivity index (χ1) is 9.78. The first-order valence-electron chi connectivity index (χ1n) is 6.58. The molecule has 0 aliphatic rings. The van der Waals surface area contributed by atoms with Crippen LogP contribution in [0.25, 0.3) is 0 Å². The third kappa shape index (κ3) is 4.76. The summed E-state index contributed by atoms with van der Waals surface area (Å²) in [6, 6.07) is 15.1. The number of halogens is 1. The van der Waals surface area contributed by atoms with Crippen molar-refractivity contribution in [1.82, 2.24) is 0 Å². The normalized spacial score (nSPS) is 10.3. The molecule has 0 amide bonds. The van der Waals surface area contributed by atoms with E-state index < -0.39 is 0 Å². The highest BCUT2D eigenvalue weighted by molar-refractivity contribution is 6.30. The summed E-state index contributed by atoms with van der Waals surface area (Å²) in [7, 11) is 0. The molecule has 3 nitrogen and oxygen atoms in total. The Hall–Kier alpha value is -1.71. The minimum Gasteiger partial charge on any atom is -0.493 e. The van der Waals surface area contributed by atoms with Crippen LogP contribution in [0.2, 0.25) is 5.02 Å². The Morgan fingerprint density at radius 2 is 1.60 bits per heavy atom. The van der Waals surface area contributed by atoms with Gasteiger partial charge in [-0.1, -0.05) is 23.7 Å². The van der Waals surface area contributed by atoms with Crippen LogP contribution in [0, 0.1) is 0 Å². The SMILES string of the molecule is NCc1cccc(OCCCOc2ccc(Cl)cc2)c1. The van der Waals surface area contributed by atoms with Gasteiger partial charge in [-0.05, 0) is 42.0 Å². The number of rotatable bonds is 7. The van der Waals surface area contributed by atoms with Gasteiger partial charge in [0.25, 0.3) is 0 Å². The molecule has 0 aromatic heterocycles. The minimum absolute atomic E-state index is 0.525. The Bertz CT molecular complexity index is 528. The van der Waals surface area contributed by atoms with Crippen molar-refractivity contribution in [2.45, 2.75) is 13.0 Å². The van der Waals surface area contributed by atoms with E-state index >= 15 is 0 Å². The molecule has 0 aliphatic heterocycles. The van der Waals surface area contributed by atoms with Gasteiger partial charge in [0.05, 0.1) is 13.2 Å². The molecular formula is C16H18ClNO2. The molecule has 0 spiro atoms. The van der Waals surface area contributed by atoms with Crippen molar-refractivity contribution < 1.29 is 9.47 Å². The summed E-state index contributed by atoms with van der Waals surface area (Å²) in [5.41, 5.74) is 6.65. The first kappa shape index (κ1) is 14.7. The van der Waals surface area contributed by atoms with Crippen LogP contribution in [-0.4, -0.2) is 13.2 Å². The third-order valence-corrected chi connectivity index (χ3v) is 3.03. The van der Waals surface area contributed by atoms with Crippen LogP contribution >= 0.6 is 11.6 Å². The molecule has 2 N–H and O–H groups in total. The second-order valence-electron chi connectivity index (χ2n) is 4.36. The molecule has 0 saturated carbocycles. The number of hydrogen-bond donors (Lipinski definition) is 1. The second kappa shape index (κ2) is 7.78. The van der Waals surface area contributed by atoms with Gasteiger partial charge in [0, 0.05) is 18.0 Å². The minimum atomic E-state index is 0.525. The summed E-state index contributed by atoms with van der Waals surface area (Å²) in [5.74, 6) is 1.67. The number of ether oxygens (including phenoxy) is 2. The molecule has 0 atom stereocenters. The average molecular weight is 292 g/mol. The van der Waals surface area contributed by atoms with E-state index in [2.05, 4.69) is 0 Å². The van der Waals surface area contributed by atoms with Crippen LogP contribution < -0.4 is 15.2 Å². The molecule has 2 aromatic carbocycles. The molecule has 4 heteroatoms. The Balaban J connectivity index is 1.67. The van der Waals surface area contributed by atoms with Gasteiger partial charge >= 0.3 is 0 Å². The lowest BCUT2D eigenvalue weighted by Crippen LogP contribution is -2.05. The van der Waals surface area contributed by atoms with Gasteiger partial charge in [0.1, 0.15) is 11.5 Å². The fraction of sp³-hybridized carbons (Fsp3) is 0.250. The van der Waals surface area contributed by atoms with E-state index in [1.807, 2.05) is 48.5 Å². The van der Waals surface area contributed by atoms with Crippen molar-refractivity contribution >= 4 is 11.6 Å². The zero-order valence-electron chi connectivity index (χ0n) is 11.2. The number of benzene rings is 2. The second-order valence-corrected chi connectivity index (χ2v) is 4.79. The van der Waals surface area contributed by atoms with Gasteiger partial charge in [-0.15, -0.1) is 0 Å². The Morgan fingerprint density at radius 3 is 2.30 bits per heavy atom. The summed E-state index contributed by atoms with van der Waals surface area (Å²) in [6.45, 7) is 1.75. The molecule has 20 heavy (non-hydrogen) atoms. The van der Waals surface area contributed by atoms with E-state index in [-0.39, 0.29) is 0 Å². The molecular weight excluding hydrogens is 274 g/mol. The number of hydrogen-bond acceptors (Lipinski definition) is 3. The zero-order chi connectivity index (χ0) is 14.2. The van der Waals surface area contributed by atoms with Gasteiger partial charge in [-0.25, -0.2) is 0 Å². The van der Waals surface area contributed by atoms with Gasteiger partial charge in [-0.3, -0.25) is 0 Å². The maximum Gasteiger partial charge on any atom is 0.119 e. The summed E-state index contributed by atoms with van der Waals surface area (Å²) >= 11 is 5.80. The average Bonchev–Trinajstić information content (AvgIpc) is 2.49. The molecule has 0 bridgehead atoms. The van der Waals surface area contributed by atoms with E-state index in [4.69, 9.17) is 26.8 Å². The van der Waals surface area contributed by atoms with Crippen LogP contribution in [-0.2, 0) is 6.54 Å². The topological polar surface area (TPSA) is 44.5 Å². The molecule has 2 rings (SSSR count). The van der Waals surface area contributed by atoms with E-state index in [0.29, 0.717) is 24.8 Å². The standard InChI is InChI=1S/C16H18ClNO2/c17-14-5-7-15(8-6-14)19-9-2-10-20-16-4-1-3-13(11-16)12-18/h1,3-8,11H,2,9-10,12,18H2. The van der Waals surface area contributed by atoms with Crippen LogP contribution in [0.1, 0.15) is 12.0 Å². The molecule has 0 heterocycles. The Kier molecular flexibility index (Phi) is 5.71. The van der Waals surface area contributed by atoms with Crippen LogP contribution in [0.15, 0.2) is 48.5 Å². The zero-order valence-corrected chi connectivity index (χ0v) is 12.0. The third-order valence-electron chi connectivity index (χ3n) is 2.77. The van der Waals surface area contributed by atoms with Gasteiger partial charge < -0.3 is 15.2 Å². The monoisotopic (exact) mass is 291 g/mol. The van der Waals surface area contributed by atoms with Crippen molar-refractivity contribution in [2.75, 3.05) is 13.2 Å². The Morgan fingerprint density at radius 1 is 0.900 bits per heavy atom. The number of nitrogens with two attached hydrogens (primary N) is 1. The highest BCUT2D eigenvalue weighted by Crippen LogP contribution is 2.16. The van der Waals surface area contributed by atoms with E-state index in [0.717, 1.165) is 23.5 Å². The van der Waals surface area contributed by atoms with Crippen LogP contribution in [0.5, 0.6) is 11.5 Å². The van der Waals surface area contributed by atoms with E-state index in [9.17, 15) is 0 Å². The van der Waals surface area contributed by atoms with Crippen molar-refractivity contribution in [1.29, 1.82) is 0 Å². The van der Waals surface area contributed by atoms with Crippen molar-refractivity contribution in [3.8, 4) is 11.5 Å². The lowest BCUT2D eigenvalue weighted by molar-refractivity contribution is 0.247. The lowest BCUT2D eigenvalue weighted by atomic mass is 10.2. The maximum atomic E-state index is 5.80. The maximum absolute atomic E-state index is 5.80. The predicted octanol–water partition coefficient (Wildman–Crippen LogP) is 3.65. The molecule has 0 saturated heterocycles. The van der Waals surface area contributed by atoms with Crippen LogP contribution in [0.4, 0.5) is 0 Å². The quantitative estimate of drug-likeness (QED) is 0.792. The first-order valence-corrected chi connectivity index (χ1v) is 6.96. The van der Waals surface area contributed by atoms with Gasteiger partial charge in [0.2, 0.25) is 0 Å². The van der Waals surface area contributed by atoms with Gasteiger partial charge in [-0.2, -0.15) is 0 Å². The highest BCUT2D eigenvalue weighted by atomic mass is 35.5. The predicted molar refractivity (Wildman–Crippen MR) is 81.4 cm³/mol. The molecule has 0 fully saturated rings. The highest BCUT2D eigenvalue weighted by Gasteiger charge is 1.97. The largest absolute Gasteiger partial charge is 0.493 e. The fourth-order valence-corrected chi connectivity index (χ4v) is 1.86. The molecule has 2 aromatic rings. The molecule has 0 aliphatic carbocycles. The van der Waals surface area contributed by atoms with Gasteiger partial charge in [0.15, 0.2) is 0 Å². The molecule has 0 radical (unpaired) electrons. The molecule has 0 unspecified atom stereocenters.